The van der Waals surface area contributed by atoms with E-state index in [1.165, 1.54) is 54.4 Å². The number of nitrogens with one attached hydrogen (secondary N) is 1. The van der Waals surface area contributed by atoms with Crippen molar-refractivity contribution in [3.05, 3.63) is 42.5 Å². The van der Waals surface area contributed by atoms with E-state index in [1.807, 2.05) is 24.3 Å². The molecule has 2 aromatic carbocycles. The third-order valence-electron chi connectivity index (χ3n) is 4.50. The molecule has 3 nitrogen and oxygen atoms in total. The Labute approximate surface area is 132 Å². The van der Waals surface area contributed by atoms with Gasteiger partial charge in [0, 0.05) is 0 Å². The van der Waals surface area contributed by atoms with Gasteiger partial charge in [0.25, 0.3) is 0 Å². The van der Waals surface area contributed by atoms with Gasteiger partial charge in [-0.2, -0.15) is 0 Å². The van der Waals surface area contributed by atoms with Crippen molar-refractivity contribution in [2.75, 3.05) is 26.2 Å². The zero-order chi connectivity index (χ0) is 15.2. The molecule has 1 aliphatic rings. The summed E-state index contributed by atoms with van der Waals surface area (Å²) < 4.78 is 5.79. The molecule has 3 rings (SSSR count). The van der Waals surface area contributed by atoms with E-state index < -0.39 is 0 Å². The van der Waals surface area contributed by atoms with Gasteiger partial charge in [0.05, 0.1) is 13.1 Å². The fraction of sp³-hybridized carbons (Fsp3) is 0.474. The van der Waals surface area contributed by atoms with Gasteiger partial charge < -0.3 is 14.7 Å². The number of aliphatic hydroxyl groups excluding tert-OH is 1. The molecule has 1 aliphatic heterocycles. The van der Waals surface area contributed by atoms with Crippen LogP contribution in [-0.4, -0.2) is 37.5 Å². The minimum atomic E-state index is -0.389. The lowest BCUT2D eigenvalue weighted by molar-refractivity contribution is -0.902. The van der Waals surface area contributed by atoms with Crippen LogP contribution in [0.4, 0.5) is 0 Å². The van der Waals surface area contributed by atoms with Crippen LogP contribution in [0.1, 0.15) is 25.7 Å². The van der Waals surface area contributed by atoms with Crippen LogP contribution >= 0.6 is 0 Å². The van der Waals surface area contributed by atoms with E-state index in [2.05, 4.69) is 18.2 Å². The second kappa shape index (κ2) is 7.61. The van der Waals surface area contributed by atoms with E-state index in [1.54, 1.807) is 0 Å². The summed E-state index contributed by atoms with van der Waals surface area (Å²) in [7, 11) is 0. The van der Waals surface area contributed by atoms with Crippen LogP contribution in [-0.2, 0) is 0 Å². The number of ether oxygens (including phenoxy) is 1. The Morgan fingerprint density at radius 1 is 0.955 bits per heavy atom. The van der Waals surface area contributed by atoms with Crippen molar-refractivity contribution in [3.8, 4) is 5.75 Å². The molecule has 0 spiro atoms. The lowest BCUT2D eigenvalue weighted by atomic mass is 10.1. The molecule has 1 saturated heterocycles. The lowest BCUT2D eigenvalue weighted by Gasteiger charge is -2.20. The predicted molar refractivity (Wildman–Crippen MR) is 89.5 cm³/mol. The first-order chi connectivity index (χ1) is 10.8. The van der Waals surface area contributed by atoms with E-state index in [-0.39, 0.29) is 6.10 Å². The fourth-order valence-electron chi connectivity index (χ4n) is 3.27. The summed E-state index contributed by atoms with van der Waals surface area (Å²) in [5.41, 5.74) is 0. The van der Waals surface area contributed by atoms with E-state index in [0.29, 0.717) is 6.61 Å². The Balaban J connectivity index is 1.51. The number of hydrogen-bond acceptors (Lipinski definition) is 2. The highest BCUT2D eigenvalue weighted by Crippen LogP contribution is 2.20. The zero-order valence-electron chi connectivity index (χ0n) is 13.1. The lowest BCUT2D eigenvalue weighted by Crippen LogP contribution is -3.13. The van der Waals surface area contributed by atoms with Crippen molar-refractivity contribution in [1.82, 2.24) is 0 Å². The summed E-state index contributed by atoms with van der Waals surface area (Å²) in [5.74, 6) is 0.837. The number of hydrogen-bond donors (Lipinski definition) is 2. The minimum absolute atomic E-state index is 0.377. The van der Waals surface area contributed by atoms with Crippen LogP contribution in [0.25, 0.3) is 10.8 Å². The largest absolute Gasteiger partial charge is 0.491 e. The molecule has 1 fully saturated rings. The van der Waals surface area contributed by atoms with Crippen LogP contribution < -0.4 is 9.64 Å². The molecule has 0 saturated carbocycles. The average Bonchev–Trinajstić information content (AvgIpc) is 2.81. The molecule has 2 N–H and O–H groups in total. The molecule has 0 aliphatic carbocycles. The Morgan fingerprint density at radius 3 is 2.45 bits per heavy atom. The number of benzene rings is 2. The maximum absolute atomic E-state index is 10.2. The molecule has 0 amide bonds. The van der Waals surface area contributed by atoms with Crippen LogP contribution in [0.3, 0.4) is 0 Å². The number of quaternary nitrogens is 1. The smallest absolute Gasteiger partial charge is 0.137 e. The highest BCUT2D eigenvalue weighted by molar-refractivity contribution is 5.83. The van der Waals surface area contributed by atoms with Crippen molar-refractivity contribution in [2.45, 2.75) is 31.8 Å². The van der Waals surface area contributed by atoms with Gasteiger partial charge in [0.1, 0.15) is 25.0 Å². The number of rotatable bonds is 5. The van der Waals surface area contributed by atoms with Gasteiger partial charge >= 0.3 is 0 Å². The Hall–Kier alpha value is -1.58. The van der Waals surface area contributed by atoms with Gasteiger partial charge in [0.15, 0.2) is 0 Å². The molecule has 3 heteroatoms. The molecular weight excluding hydrogens is 274 g/mol. The first kappa shape index (κ1) is 15.3. The minimum Gasteiger partial charge on any atom is -0.491 e. The average molecular weight is 300 g/mol. The highest BCUT2D eigenvalue weighted by Gasteiger charge is 2.17. The summed E-state index contributed by atoms with van der Waals surface area (Å²) in [6.45, 7) is 3.55. The molecule has 22 heavy (non-hydrogen) atoms. The standard InChI is InChI=1S/C19H25NO2/c21-18(14-20-11-5-1-2-6-12-20)15-22-19-10-9-16-7-3-4-8-17(16)13-19/h3-4,7-10,13,18,21H,1-2,5-6,11-12,14-15H2/p+1/t18-/m1/s1. The van der Waals surface area contributed by atoms with Crippen molar-refractivity contribution in [2.24, 2.45) is 0 Å². The number of likely N-dealkylation sites (tertiary alicyclic amines) is 1. The van der Waals surface area contributed by atoms with E-state index in [0.717, 1.165) is 12.3 Å². The van der Waals surface area contributed by atoms with Gasteiger partial charge in [-0.3, -0.25) is 0 Å². The third kappa shape index (κ3) is 4.21. The summed E-state index contributed by atoms with van der Waals surface area (Å²) in [6.07, 6.45) is 4.86. The molecule has 0 unspecified atom stereocenters. The van der Waals surface area contributed by atoms with Crippen LogP contribution in [0, 0.1) is 0 Å². The van der Waals surface area contributed by atoms with Crippen molar-refractivity contribution in [1.29, 1.82) is 0 Å². The van der Waals surface area contributed by atoms with Gasteiger partial charge in [-0.1, -0.05) is 30.3 Å². The summed E-state index contributed by atoms with van der Waals surface area (Å²) in [4.78, 5) is 1.52. The maximum atomic E-state index is 10.2. The first-order valence-corrected chi connectivity index (χ1v) is 8.44. The molecule has 2 aromatic rings. The molecule has 0 bridgehead atoms. The second-order valence-electron chi connectivity index (χ2n) is 6.34. The fourth-order valence-corrected chi connectivity index (χ4v) is 3.27. The Kier molecular flexibility index (Phi) is 5.30. The Morgan fingerprint density at radius 2 is 1.68 bits per heavy atom. The topological polar surface area (TPSA) is 33.9 Å². The zero-order valence-corrected chi connectivity index (χ0v) is 13.1. The number of fused-ring (bicyclic) bond motifs is 1. The molecule has 0 radical (unpaired) electrons. The third-order valence-corrected chi connectivity index (χ3v) is 4.50. The number of aliphatic hydroxyl groups is 1. The van der Waals surface area contributed by atoms with E-state index in [4.69, 9.17) is 4.74 Å². The van der Waals surface area contributed by atoms with Crippen molar-refractivity contribution in [3.63, 3.8) is 0 Å². The maximum Gasteiger partial charge on any atom is 0.137 e. The predicted octanol–water partition coefficient (Wildman–Crippen LogP) is 2.04. The van der Waals surface area contributed by atoms with Crippen LogP contribution in [0.2, 0.25) is 0 Å². The van der Waals surface area contributed by atoms with Crippen molar-refractivity contribution >= 4 is 10.8 Å². The van der Waals surface area contributed by atoms with Crippen LogP contribution in [0.15, 0.2) is 42.5 Å². The second-order valence-corrected chi connectivity index (χ2v) is 6.34. The van der Waals surface area contributed by atoms with Gasteiger partial charge in [0.2, 0.25) is 0 Å². The van der Waals surface area contributed by atoms with E-state index in [9.17, 15) is 5.11 Å². The molecule has 0 aromatic heterocycles. The molecular formula is C19H26NO2+. The SMILES string of the molecule is O[C@@H](COc1ccc2ccccc2c1)C[NH+]1CCCCCC1. The quantitative estimate of drug-likeness (QED) is 0.886. The van der Waals surface area contributed by atoms with Gasteiger partial charge in [-0.25, -0.2) is 0 Å². The normalized spacial score (nSPS) is 18.0. The molecule has 1 atom stereocenters. The molecule has 118 valence electrons. The van der Waals surface area contributed by atoms with Crippen molar-refractivity contribution < 1.29 is 14.7 Å². The van der Waals surface area contributed by atoms with Gasteiger partial charge in [-0.15, -0.1) is 0 Å². The highest BCUT2D eigenvalue weighted by atomic mass is 16.5. The Bertz CT molecular complexity index is 591. The first-order valence-electron chi connectivity index (χ1n) is 8.44. The summed E-state index contributed by atoms with van der Waals surface area (Å²) in [6, 6.07) is 14.3. The van der Waals surface area contributed by atoms with Gasteiger partial charge in [-0.05, 0) is 48.6 Å². The summed E-state index contributed by atoms with van der Waals surface area (Å²) in [5, 5.41) is 12.6. The summed E-state index contributed by atoms with van der Waals surface area (Å²) >= 11 is 0. The molecule has 1 heterocycles. The monoisotopic (exact) mass is 300 g/mol. The van der Waals surface area contributed by atoms with Crippen LogP contribution in [0.5, 0.6) is 5.75 Å². The van der Waals surface area contributed by atoms with E-state index >= 15 is 0 Å².